The zero-order valence-corrected chi connectivity index (χ0v) is 21.7. The molecule has 3 aromatic rings. The van der Waals surface area contributed by atoms with Crippen molar-refractivity contribution in [2.45, 2.75) is 25.6 Å². The van der Waals surface area contributed by atoms with Crippen molar-refractivity contribution in [2.24, 2.45) is 0 Å². The summed E-state index contributed by atoms with van der Waals surface area (Å²) in [5.74, 6) is -0.238. The lowest BCUT2D eigenvalue weighted by Crippen LogP contribution is -2.55. The molecule has 10 heteroatoms. The molecule has 0 radical (unpaired) electrons. The van der Waals surface area contributed by atoms with E-state index in [4.69, 9.17) is 4.74 Å². The first-order valence-corrected chi connectivity index (χ1v) is 12.2. The van der Waals surface area contributed by atoms with Crippen LogP contribution in [0, 0.1) is 0 Å². The lowest BCUT2D eigenvalue weighted by molar-refractivity contribution is -0.129. The average Bonchev–Trinajstić information content (AvgIpc) is 3.00. The van der Waals surface area contributed by atoms with Crippen LogP contribution in [0.25, 0.3) is 10.8 Å². The number of hydrogen-bond acceptors (Lipinski definition) is 5. The second kappa shape index (κ2) is 10.4. The van der Waals surface area contributed by atoms with Crippen molar-refractivity contribution in [2.75, 3.05) is 30.9 Å². The summed E-state index contributed by atoms with van der Waals surface area (Å²) in [6.45, 7) is 1.83. The highest BCUT2D eigenvalue weighted by atomic mass is 79.9. The van der Waals surface area contributed by atoms with Crippen LogP contribution in [0.2, 0.25) is 0 Å². The second-order valence-corrected chi connectivity index (χ2v) is 9.39. The minimum Gasteiger partial charge on any atom is -0.496 e. The molecule has 3 aromatic carbocycles. The Morgan fingerprint density at radius 3 is 2.67 bits per heavy atom. The van der Waals surface area contributed by atoms with Gasteiger partial charge in [0.1, 0.15) is 17.8 Å². The molecule has 188 valence electrons. The fraction of sp³-hybridized carbons (Fsp3) is 0.269. The van der Waals surface area contributed by atoms with Crippen LogP contribution in [0.4, 0.5) is 16.2 Å². The molecule has 1 aliphatic rings. The molecular weight excluding hydrogens is 528 g/mol. The van der Waals surface area contributed by atoms with E-state index >= 15 is 0 Å². The number of nitrogens with one attached hydrogen (secondary N) is 2. The number of carbonyl (C=O) groups excluding carboxylic acids is 2. The van der Waals surface area contributed by atoms with Gasteiger partial charge in [0.2, 0.25) is 5.91 Å². The maximum atomic E-state index is 13.9. The van der Waals surface area contributed by atoms with Crippen LogP contribution < -0.4 is 20.3 Å². The number of carboxylic acid groups (broad SMARTS) is 1. The molecule has 0 spiro atoms. The third kappa shape index (κ3) is 4.81. The molecule has 9 nitrogen and oxygen atoms in total. The molecule has 36 heavy (non-hydrogen) atoms. The molecule has 3 N–H and O–H groups in total. The Bertz CT molecular complexity index is 1330. The van der Waals surface area contributed by atoms with Gasteiger partial charge in [-0.25, -0.2) is 4.79 Å². The van der Waals surface area contributed by atoms with Gasteiger partial charge < -0.3 is 25.4 Å². The Kier molecular flexibility index (Phi) is 7.35. The van der Waals surface area contributed by atoms with Gasteiger partial charge in [0.15, 0.2) is 0 Å². The van der Waals surface area contributed by atoms with Crippen LogP contribution in [-0.2, 0) is 16.1 Å². The van der Waals surface area contributed by atoms with Crippen LogP contribution in [0.5, 0.6) is 5.75 Å². The van der Waals surface area contributed by atoms with E-state index < -0.39 is 24.1 Å². The second-order valence-electron chi connectivity index (χ2n) is 8.53. The Hall–Kier alpha value is -3.79. The van der Waals surface area contributed by atoms with E-state index in [9.17, 15) is 19.5 Å². The lowest BCUT2D eigenvalue weighted by atomic mass is 10.0. The summed E-state index contributed by atoms with van der Waals surface area (Å²) in [5, 5.41) is 17.1. The zero-order valence-electron chi connectivity index (χ0n) is 20.1. The zero-order chi connectivity index (χ0) is 26.0. The number of fused-ring (bicyclic) bond motifs is 2. The fourth-order valence-corrected chi connectivity index (χ4v) is 4.75. The smallest absolute Gasteiger partial charge is 0.407 e. The third-order valence-electron chi connectivity index (χ3n) is 6.45. The summed E-state index contributed by atoms with van der Waals surface area (Å²) in [6, 6.07) is 15.3. The SMILES string of the molecule is COc1ccc2c(Br)cccc2c1CN1C(=O)[C@@H](NC(=O)[C@H](C)N(C)C(=O)O)CNc2ccccc21. The summed E-state index contributed by atoms with van der Waals surface area (Å²) < 4.78 is 6.59. The number of halogens is 1. The summed E-state index contributed by atoms with van der Waals surface area (Å²) in [5.41, 5.74) is 2.24. The van der Waals surface area contributed by atoms with Gasteiger partial charge in [-0.2, -0.15) is 0 Å². The van der Waals surface area contributed by atoms with Gasteiger partial charge in [0.05, 0.1) is 25.0 Å². The van der Waals surface area contributed by atoms with Crippen molar-refractivity contribution >= 4 is 56.0 Å². The highest BCUT2D eigenvalue weighted by molar-refractivity contribution is 9.10. The number of hydrogen-bond donors (Lipinski definition) is 3. The summed E-state index contributed by atoms with van der Waals surface area (Å²) in [4.78, 5) is 40.5. The average molecular weight is 555 g/mol. The molecule has 0 saturated carbocycles. The minimum atomic E-state index is -1.23. The maximum Gasteiger partial charge on any atom is 0.407 e. The summed E-state index contributed by atoms with van der Waals surface area (Å²) >= 11 is 3.60. The van der Waals surface area contributed by atoms with Gasteiger partial charge in [0.25, 0.3) is 5.91 Å². The van der Waals surface area contributed by atoms with Gasteiger partial charge >= 0.3 is 6.09 Å². The van der Waals surface area contributed by atoms with E-state index in [2.05, 4.69) is 26.6 Å². The maximum absolute atomic E-state index is 13.9. The molecule has 0 aromatic heterocycles. The number of benzene rings is 3. The largest absolute Gasteiger partial charge is 0.496 e. The first-order chi connectivity index (χ1) is 17.2. The van der Waals surface area contributed by atoms with E-state index in [0.29, 0.717) is 11.4 Å². The Morgan fingerprint density at radius 2 is 1.94 bits per heavy atom. The van der Waals surface area contributed by atoms with Gasteiger partial charge in [0, 0.05) is 23.6 Å². The summed E-state index contributed by atoms with van der Waals surface area (Å²) in [6.07, 6.45) is -1.23. The Morgan fingerprint density at radius 1 is 1.19 bits per heavy atom. The molecule has 0 fully saturated rings. The standard InChI is InChI=1S/C26H27BrN4O5/c1-15(30(2)26(34)35)24(32)29-21-13-28-20-9-4-5-10-22(20)31(25(21)33)14-18-16-7-6-8-19(27)17(16)11-12-23(18)36-3/h4-12,15,21,28H,13-14H2,1-3H3,(H,29,32)(H,34,35)/t15-,21-/m0/s1. The number of anilines is 2. The third-order valence-corrected chi connectivity index (χ3v) is 7.14. The molecular formula is C26H27BrN4O5. The molecule has 2 atom stereocenters. The van der Waals surface area contributed by atoms with Crippen molar-refractivity contribution in [1.82, 2.24) is 10.2 Å². The predicted molar refractivity (Wildman–Crippen MR) is 142 cm³/mol. The van der Waals surface area contributed by atoms with Crippen LogP contribution in [0.3, 0.4) is 0 Å². The predicted octanol–water partition coefficient (Wildman–Crippen LogP) is 4.05. The van der Waals surface area contributed by atoms with E-state index in [-0.39, 0.29) is 19.0 Å². The number of likely N-dealkylation sites (N-methyl/N-ethyl adjacent to an activating group) is 1. The first-order valence-electron chi connectivity index (χ1n) is 11.4. The van der Waals surface area contributed by atoms with Crippen molar-refractivity contribution in [3.05, 3.63) is 64.6 Å². The van der Waals surface area contributed by atoms with Gasteiger partial charge in [-0.1, -0.05) is 40.2 Å². The van der Waals surface area contributed by atoms with Crippen LogP contribution in [0.1, 0.15) is 12.5 Å². The van der Waals surface area contributed by atoms with E-state index in [1.54, 1.807) is 12.0 Å². The van der Waals surface area contributed by atoms with Crippen molar-refractivity contribution in [3.8, 4) is 5.75 Å². The quantitative estimate of drug-likeness (QED) is 0.423. The molecule has 0 bridgehead atoms. The molecule has 0 unspecified atom stereocenters. The molecule has 1 aliphatic heterocycles. The Balaban J connectivity index is 1.73. The highest BCUT2D eigenvalue weighted by Crippen LogP contribution is 2.36. The first kappa shape index (κ1) is 25.3. The van der Waals surface area contributed by atoms with E-state index in [0.717, 1.165) is 31.4 Å². The van der Waals surface area contributed by atoms with Gasteiger partial charge in [-0.15, -0.1) is 0 Å². The molecule has 0 saturated heterocycles. The normalized spacial score (nSPS) is 15.9. The minimum absolute atomic E-state index is 0.153. The van der Waals surface area contributed by atoms with Crippen LogP contribution in [0.15, 0.2) is 59.1 Å². The van der Waals surface area contributed by atoms with Crippen LogP contribution >= 0.6 is 15.9 Å². The number of methoxy groups -OCH3 is 1. The highest BCUT2D eigenvalue weighted by Gasteiger charge is 2.34. The van der Waals surface area contributed by atoms with E-state index in [1.807, 2.05) is 54.6 Å². The number of rotatable bonds is 6. The van der Waals surface area contributed by atoms with Gasteiger partial charge in [-0.05, 0) is 48.0 Å². The number of carbonyl (C=O) groups is 3. The molecule has 1 heterocycles. The molecule has 3 amide bonds. The molecule has 0 aliphatic carbocycles. The monoisotopic (exact) mass is 554 g/mol. The van der Waals surface area contributed by atoms with E-state index in [1.165, 1.54) is 14.0 Å². The van der Waals surface area contributed by atoms with Crippen LogP contribution in [-0.4, -0.2) is 60.7 Å². The lowest BCUT2D eigenvalue weighted by Gasteiger charge is -2.28. The molecule has 4 rings (SSSR count). The van der Waals surface area contributed by atoms with Crippen molar-refractivity contribution in [3.63, 3.8) is 0 Å². The van der Waals surface area contributed by atoms with Gasteiger partial charge in [-0.3, -0.25) is 14.5 Å². The topological polar surface area (TPSA) is 111 Å². The number of nitrogens with zero attached hydrogens (tertiary/aromatic N) is 2. The van der Waals surface area contributed by atoms with Crippen molar-refractivity contribution in [1.29, 1.82) is 0 Å². The summed E-state index contributed by atoms with van der Waals surface area (Å²) in [7, 11) is 2.90. The Labute approximate surface area is 217 Å². The van der Waals surface area contributed by atoms with Crippen molar-refractivity contribution < 1.29 is 24.2 Å². The number of ether oxygens (including phenoxy) is 1. The fourth-order valence-electron chi connectivity index (χ4n) is 4.25. The number of amides is 3. The number of para-hydroxylation sites is 2.